The number of carbonyl (C=O) groups excluding carboxylic acids is 2. The van der Waals surface area contributed by atoms with Gasteiger partial charge < -0.3 is 15.4 Å². The summed E-state index contributed by atoms with van der Waals surface area (Å²) in [5.74, 6) is 0.146. The fraction of sp³-hybridized carbons (Fsp3) is 0.200. The van der Waals surface area contributed by atoms with Gasteiger partial charge in [-0.15, -0.1) is 0 Å². The van der Waals surface area contributed by atoms with Crippen LogP contribution in [0.15, 0.2) is 53.9 Å². The third-order valence-corrected chi connectivity index (χ3v) is 5.31. The molecule has 0 unspecified atom stereocenters. The Labute approximate surface area is 182 Å². The van der Waals surface area contributed by atoms with E-state index in [-0.39, 0.29) is 16.8 Å². The van der Waals surface area contributed by atoms with E-state index in [0.29, 0.717) is 35.7 Å². The van der Waals surface area contributed by atoms with E-state index in [1.54, 1.807) is 37.4 Å². The lowest BCUT2D eigenvalue weighted by Gasteiger charge is -2.10. The molecule has 8 nitrogen and oxygen atoms in total. The molecular weight excluding hydrogens is 426 g/mol. The van der Waals surface area contributed by atoms with Gasteiger partial charge in [-0.3, -0.25) is 14.7 Å². The van der Waals surface area contributed by atoms with Crippen molar-refractivity contribution in [2.24, 2.45) is 0 Å². The normalized spacial score (nSPS) is 10.6. The summed E-state index contributed by atoms with van der Waals surface area (Å²) in [5.41, 5.74) is 2.41. The van der Waals surface area contributed by atoms with E-state index in [2.05, 4.69) is 25.8 Å². The molecule has 0 aliphatic carbocycles. The van der Waals surface area contributed by atoms with Crippen LogP contribution in [0.5, 0.6) is 0 Å². The van der Waals surface area contributed by atoms with Crippen LogP contribution in [0.2, 0.25) is 5.02 Å². The van der Waals surface area contributed by atoms with Crippen molar-refractivity contribution in [3.8, 4) is 0 Å². The smallest absolute Gasteiger partial charge is 0.255 e. The zero-order chi connectivity index (χ0) is 21.3. The first-order valence-corrected chi connectivity index (χ1v) is 10.4. The lowest BCUT2D eigenvalue weighted by atomic mass is 10.1. The van der Waals surface area contributed by atoms with Crippen molar-refractivity contribution in [3.05, 3.63) is 70.5 Å². The Hall–Kier alpha value is -2.88. The molecule has 1 aromatic heterocycles. The minimum Gasteiger partial charge on any atom is -0.383 e. The molecule has 0 saturated heterocycles. The SMILES string of the molecule is COCCNC(=O)c1ccc(NC(=O)c2ccc(CSc3ncn[nH]3)cc2)cc1Cl. The van der Waals surface area contributed by atoms with E-state index in [9.17, 15) is 9.59 Å². The van der Waals surface area contributed by atoms with Crippen LogP contribution in [0.4, 0.5) is 5.69 Å². The second-order valence-electron chi connectivity index (χ2n) is 6.17. The number of anilines is 1. The molecule has 0 fully saturated rings. The number of benzene rings is 2. The summed E-state index contributed by atoms with van der Waals surface area (Å²) < 4.78 is 4.90. The lowest BCUT2D eigenvalue weighted by molar-refractivity contribution is 0.0936. The van der Waals surface area contributed by atoms with E-state index in [4.69, 9.17) is 16.3 Å². The van der Waals surface area contributed by atoms with Crippen molar-refractivity contribution in [3.63, 3.8) is 0 Å². The fourth-order valence-electron chi connectivity index (χ4n) is 2.51. The molecule has 10 heteroatoms. The number of nitrogens with zero attached hydrogens (tertiary/aromatic N) is 2. The first-order valence-electron chi connectivity index (χ1n) is 9.02. The highest BCUT2D eigenvalue weighted by atomic mass is 35.5. The number of thioether (sulfide) groups is 1. The molecule has 2 aromatic carbocycles. The fourth-order valence-corrected chi connectivity index (χ4v) is 3.51. The molecule has 0 spiro atoms. The number of H-pyrrole nitrogens is 1. The molecule has 0 aliphatic rings. The van der Waals surface area contributed by atoms with Gasteiger partial charge in [-0.25, -0.2) is 4.98 Å². The number of carbonyl (C=O) groups is 2. The molecule has 0 bridgehead atoms. The van der Waals surface area contributed by atoms with Crippen LogP contribution in [0, 0.1) is 0 Å². The van der Waals surface area contributed by atoms with E-state index in [1.807, 2.05) is 12.1 Å². The Morgan fingerprint density at radius 1 is 1.17 bits per heavy atom. The molecule has 0 saturated carbocycles. The number of hydrogen-bond acceptors (Lipinski definition) is 6. The van der Waals surface area contributed by atoms with Crippen molar-refractivity contribution < 1.29 is 14.3 Å². The zero-order valence-corrected chi connectivity index (χ0v) is 17.7. The van der Waals surface area contributed by atoms with Gasteiger partial charge >= 0.3 is 0 Å². The maximum atomic E-state index is 12.5. The molecule has 3 rings (SSSR count). The van der Waals surface area contributed by atoms with Crippen molar-refractivity contribution in [1.29, 1.82) is 0 Å². The molecule has 1 heterocycles. The number of rotatable bonds is 9. The minimum absolute atomic E-state index is 0.252. The second-order valence-corrected chi connectivity index (χ2v) is 7.54. The van der Waals surface area contributed by atoms with Crippen LogP contribution in [-0.4, -0.2) is 47.3 Å². The summed E-state index contributed by atoms with van der Waals surface area (Å²) in [5, 5.41) is 13.1. The highest BCUT2D eigenvalue weighted by Gasteiger charge is 2.12. The lowest BCUT2D eigenvalue weighted by Crippen LogP contribution is -2.27. The Morgan fingerprint density at radius 3 is 2.63 bits per heavy atom. The van der Waals surface area contributed by atoms with Gasteiger partial charge in [0.25, 0.3) is 11.8 Å². The number of ether oxygens (including phenoxy) is 1. The Morgan fingerprint density at radius 2 is 1.97 bits per heavy atom. The van der Waals surface area contributed by atoms with Gasteiger partial charge in [0.2, 0.25) is 0 Å². The number of aromatic nitrogens is 3. The first kappa shape index (κ1) is 21.8. The van der Waals surface area contributed by atoms with Crippen molar-refractivity contribution in [2.45, 2.75) is 10.9 Å². The maximum absolute atomic E-state index is 12.5. The average Bonchev–Trinajstić information content (AvgIpc) is 3.26. The summed E-state index contributed by atoms with van der Waals surface area (Å²) >= 11 is 7.73. The number of aromatic amines is 1. The van der Waals surface area contributed by atoms with Gasteiger partial charge in [0.05, 0.1) is 17.2 Å². The van der Waals surface area contributed by atoms with Crippen LogP contribution in [-0.2, 0) is 10.5 Å². The quantitative estimate of drug-likeness (QED) is 0.344. The largest absolute Gasteiger partial charge is 0.383 e. The van der Waals surface area contributed by atoms with Crippen molar-refractivity contribution >= 4 is 40.9 Å². The zero-order valence-electron chi connectivity index (χ0n) is 16.1. The van der Waals surface area contributed by atoms with E-state index in [1.165, 1.54) is 18.1 Å². The van der Waals surface area contributed by atoms with Gasteiger partial charge in [0.1, 0.15) is 6.33 Å². The minimum atomic E-state index is -0.297. The molecule has 3 N–H and O–H groups in total. The number of amides is 2. The summed E-state index contributed by atoms with van der Waals surface area (Å²) in [4.78, 5) is 28.7. The number of methoxy groups -OCH3 is 1. The predicted octanol–water partition coefficient (Wildman–Crippen LogP) is 3.38. The van der Waals surface area contributed by atoms with Crippen LogP contribution < -0.4 is 10.6 Å². The molecule has 0 radical (unpaired) electrons. The average molecular weight is 446 g/mol. The first-order chi connectivity index (χ1) is 14.6. The molecule has 3 aromatic rings. The van der Waals surface area contributed by atoms with Crippen LogP contribution in [0.1, 0.15) is 26.3 Å². The Balaban J connectivity index is 1.57. The van der Waals surface area contributed by atoms with Crippen LogP contribution in [0.3, 0.4) is 0 Å². The van der Waals surface area contributed by atoms with Crippen LogP contribution >= 0.6 is 23.4 Å². The molecule has 2 amide bonds. The van der Waals surface area contributed by atoms with Gasteiger partial charge in [-0.1, -0.05) is 35.5 Å². The van der Waals surface area contributed by atoms with Gasteiger partial charge in [0, 0.05) is 30.7 Å². The summed E-state index contributed by atoms with van der Waals surface area (Å²) in [6, 6.07) is 12.0. The van der Waals surface area contributed by atoms with Gasteiger partial charge in [0.15, 0.2) is 5.16 Å². The summed E-state index contributed by atoms with van der Waals surface area (Å²) in [6.07, 6.45) is 1.46. The molecule has 0 atom stereocenters. The monoisotopic (exact) mass is 445 g/mol. The van der Waals surface area contributed by atoms with E-state index in [0.717, 1.165) is 10.7 Å². The highest BCUT2D eigenvalue weighted by molar-refractivity contribution is 7.98. The van der Waals surface area contributed by atoms with Crippen molar-refractivity contribution in [2.75, 3.05) is 25.6 Å². The van der Waals surface area contributed by atoms with E-state index < -0.39 is 0 Å². The van der Waals surface area contributed by atoms with Gasteiger partial charge in [-0.2, -0.15) is 5.10 Å². The standard InChI is InChI=1S/C20H20ClN5O3S/c1-29-9-8-22-19(28)16-7-6-15(10-17(16)21)25-18(27)14-4-2-13(3-5-14)11-30-20-23-12-24-26-20/h2-7,10,12H,8-9,11H2,1H3,(H,22,28)(H,25,27)(H,23,24,26). The molecular formula is C20H20ClN5O3S. The second kappa shape index (κ2) is 10.8. The summed E-state index contributed by atoms with van der Waals surface area (Å²) in [7, 11) is 1.56. The molecule has 156 valence electrons. The molecule has 0 aliphatic heterocycles. The third kappa shape index (κ3) is 6.06. The van der Waals surface area contributed by atoms with Crippen molar-refractivity contribution in [1.82, 2.24) is 20.5 Å². The van der Waals surface area contributed by atoms with Crippen LogP contribution in [0.25, 0.3) is 0 Å². The number of halogens is 1. The van der Waals surface area contributed by atoms with Gasteiger partial charge in [-0.05, 0) is 35.9 Å². The Kier molecular flexibility index (Phi) is 7.83. The topological polar surface area (TPSA) is 109 Å². The van der Waals surface area contributed by atoms with E-state index >= 15 is 0 Å². The number of hydrogen-bond donors (Lipinski definition) is 3. The molecule has 30 heavy (non-hydrogen) atoms. The summed E-state index contributed by atoms with van der Waals surface area (Å²) in [6.45, 7) is 0.798. The predicted molar refractivity (Wildman–Crippen MR) is 116 cm³/mol. The number of nitrogens with one attached hydrogen (secondary N) is 3. The highest BCUT2D eigenvalue weighted by Crippen LogP contribution is 2.22. The maximum Gasteiger partial charge on any atom is 0.255 e. The third-order valence-electron chi connectivity index (χ3n) is 4.05. The Bertz CT molecular complexity index is 996.